The van der Waals surface area contributed by atoms with Crippen LogP contribution in [0.2, 0.25) is 0 Å². The molecule has 2 saturated heterocycles. The third-order valence-corrected chi connectivity index (χ3v) is 7.54. The molecule has 0 amide bonds. The van der Waals surface area contributed by atoms with Crippen LogP contribution >= 0.6 is 0 Å². The number of nitrogens with zero attached hydrogens (tertiary/aromatic N) is 4. The van der Waals surface area contributed by atoms with Crippen molar-refractivity contribution < 1.29 is 23.4 Å². The lowest BCUT2D eigenvalue weighted by Crippen LogP contribution is -2.44. The van der Waals surface area contributed by atoms with E-state index < -0.39 is 24.1 Å². The Morgan fingerprint density at radius 1 is 1.15 bits per heavy atom. The summed E-state index contributed by atoms with van der Waals surface area (Å²) in [5, 5.41) is 15.6. The molecular weight excluding hydrogens is 442 g/mol. The molecule has 0 unspecified atom stereocenters. The zero-order chi connectivity index (χ0) is 23.5. The van der Waals surface area contributed by atoms with Crippen molar-refractivity contribution in [3.05, 3.63) is 47.8 Å². The lowest BCUT2D eigenvalue weighted by molar-refractivity contribution is -0.0320. The zero-order valence-corrected chi connectivity index (χ0v) is 18.7. The van der Waals surface area contributed by atoms with Crippen molar-refractivity contribution in [2.45, 2.75) is 56.0 Å². The topological polar surface area (TPSA) is 80.5 Å². The summed E-state index contributed by atoms with van der Waals surface area (Å²) in [7, 11) is 0. The van der Waals surface area contributed by atoms with Crippen molar-refractivity contribution in [1.82, 2.24) is 14.8 Å². The number of benzene rings is 1. The molecule has 2 aromatic heterocycles. The largest absolute Gasteiger partial charge is 0.477 e. The molecule has 0 bridgehead atoms. The number of hydrogen-bond donors (Lipinski definition) is 1. The molecule has 3 fully saturated rings. The van der Waals surface area contributed by atoms with Gasteiger partial charge in [-0.05, 0) is 43.9 Å². The Morgan fingerprint density at radius 2 is 1.88 bits per heavy atom. The first-order valence-electron chi connectivity index (χ1n) is 11.8. The number of alkyl halides is 2. The molecule has 3 aliphatic rings. The van der Waals surface area contributed by atoms with Crippen LogP contribution < -0.4 is 4.90 Å². The second kappa shape index (κ2) is 7.73. The summed E-state index contributed by atoms with van der Waals surface area (Å²) in [6.45, 7) is 0.495. The number of aromatic carboxylic acids is 1. The normalized spacial score (nSPS) is 21.8. The number of fused-ring (bicyclic) bond motifs is 1. The van der Waals surface area contributed by atoms with E-state index in [1.54, 1.807) is 10.7 Å². The van der Waals surface area contributed by atoms with Gasteiger partial charge >= 0.3 is 5.97 Å². The molecule has 34 heavy (non-hydrogen) atoms. The summed E-state index contributed by atoms with van der Waals surface area (Å²) < 4.78 is 35.1. The SMILES string of the molecule is O=C(O)c1cc(N2CCC3(CC2)CC(F)(F)CO3)c2c(C3CCC3)nn(-c3ccccc3)c2n1. The Labute approximate surface area is 195 Å². The average molecular weight is 469 g/mol. The van der Waals surface area contributed by atoms with Gasteiger partial charge in [0.15, 0.2) is 11.3 Å². The first-order valence-corrected chi connectivity index (χ1v) is 11.8. The number of hydrogen-bond acceptors (Lipinski definition) is 5. The predicted molar refractivity (Wildman–Crippen MR) is 122 cm³/mol. The summed E-state index contributed by atoms with van der Waals surface area (Å²) in [5.74, 6) is -3.59. The third-order valence-electron chi connectivity index (χ3n) is 7.54. The van der Waals surface area contributed by atoms with E-state index in [1.165, 1.54) is 0 Å². The predicted octanol–water partition coefficient (Wildman–Crippen LogP) is 4.78. The van der Waals surface area contributed by atoms with Gasteiger partial charge in [-0.3, -0.25) is 0 Å². The highest BCUT2D eigenvalue weighted by Crippen LogP contribution is 2.46. The molecule has 7 nitrogen and oxygen atoms in total. The smallest absolute Gasteiger partial charge is 0.354 e. The fraction of sp³-hybridized carbons (Fsp3) is 0.480. The standard InChI is InChI=1S/C25H26F2N4O3/c26-25(27)14-24(34-15-25)9-11-30(12-10-24)19-13-18(23(32)33)28-22-20(19)21(16-5-4-6-16)29-31(22)17-7-2-1-3-8-17/h1-3,7-8,13,16H,4-6,9-12,14-15H2,(H,32,33). The van der Waals surface area contributed by atoms with E-state index in [9.17, 15) is 18.7 Å². The quantitative estimate of drug-likeness (QED) is 0.594. The Morgan fingerprint density at radius 3 is 2.47 bits per heavy atom. The van der Waals surface area contributed by atoms with Gasteiger partial charge in [0.1, 0.15) is 6.61 Å². The monoisotopic (exact) mass is 468 g/mol. The van der Waals surface area contributed by atoms with Crippen LogP contribution in [0.4, 0.5) is 14.5 Å². The van der Waals surface area contributed by atoms with E-state index in [2.05, 4.69) is 9.88 Å². The van der Waals surface area contributed by atoms with Crippen LogP contribution in [0.1, 0.15) is 60.6 Å². The lowest BCUT2D eigenvalue weighted by atomic mass is 9.81. The van der Waals surface area contributed by atoms with Crippen LogP contribution in [-0.2, 0) is 4.74 Å². The fourth-order valence-electron chi connectivity index (χ4n) is 5.51. The van der Waals surface area contributed by atoms with E-state index in [-0.39, 0.29) is 12.1 Å². The number of carboxylic acids is 1. The highest BCUT2D eigenvalue weighted by molar-refractivity contribution is 5.98. The van der Waals surface area contributed by atoms with Gasteiger partial charge in [-0.25, -0.2) is 23.2 Å². The minimum Gasteiger partial charge on any atom is -0.477 e. The number of ether oxygens (including phenoxy) is 1. The highest BCUT2D eigenvalue weighted by Gasteiger charge is 2.52. The van der Waals surface area contributed by atoms with Gasteiger partial charge in [0, 0.05) is 25.4 Å². The molecule has 3 aromatic rings. The number of pyridine rings is 1. The molecule has 0 radical (unpaired) electrons. The van der Waals surface area contributed by atoms with Gasteiger partial charge in [-0.1, -0.05) is 24.6 Å². The van der Waals surface area contributed by atoms with Gasteiger partial charge in [0.05, 0.1) is 28.1 Å². The summed E-state index contributed by atoms with van der Waals surface area (Å²) in [4.78, 5) is 18.6. The second-order valence-corrected chi connectivity index (χ2v) is 9.78. The third kappa shape index (κ3) is 3.53. The number of aromatic nitrogens is 3. The van der Waals surface area contributed by atoms with E-state index >= 15 is 0 Å². The molecule has 178 valence electrons. The van der Waals surface area contributed by atoms with Gasteiger partial charge in [-0.2, -0.15) is 5.10 Å². The van der Waals surface area contributed by atoms with Crippen molar-refractivity contribution >= 4 is 22.7 Å². The van der Waals surface area contributed by atoms with E-state index in [4.69, 9.17) is 9.84 Å². The maximum Gasteiger partial charge on any atom is 0.354 e. The molecule has 6 rings (SSSR count). The minimum atomic E-state index is -2.78. The van der Waals surface area contributed by atoms with Gasteiger partial charge in [0.2, 0.25) is 0 Å². The maximum absolute atomic E-state index is 13.9. The van der Waals surface area contributed by atoms with E-state index in [0.29, 0.717) is 37.5 Å². The summed E-state index contributed by atoms with van der Waals surface area (Å²) in [6, 6.07) is 11.2. The van der Waals surface area contributed by atoms with E-state index in [1.807, 2.05) is 30.3 Å². The van der Waals surface area contributed by atoms with Crippen LogP contribution in [0.3, 0.4) is 0 Å². The number of piperidine rings is 1. The molecular formula is C25H26F2N4O3. The molecule has 4 heterocycles. The van der Waals surface area contributed by atoms with Crippen LogP contribution in [0.5, 0.6) is 0 Å². The Balaban J connectivity index is 1.46. The number of para-hydroxylation sites is 1. The number of halogens is 2. The average Bonchev–Trinajstić information content (AvgIpc) is 3.30. The van der Waals surface area contributed by atoms with Crippen LogP contribution in [0.15, 0.2) is 36.4 Å². The van der Waals surface area contributed by atoms with Gasteiger partial charge in [-0.15, -0.1) is 0 Å². The fourth-order valence-corrected chi connectivity index (χ4v) is 5.51. The summed E-state index contributed by atoms with van der Waals surface area (Å²) in [6.07, 6.45) is 3.90. The molecule has 1 spiro atoms. The summed E-state index contributed by atoms with van der Waals surface area (Å²) >= 11 is 0. The molecule has 0 atom stereocenters. The van der Waals surface area contributed by atoms with Crippen LogP contribution in [0, 0.1) is 0 Å². The Bertz CT molecular complexity index is 1250. The van der Waals surface area contributed by atoms with Crippen molar-refractivity contribution in [2.24, 2.45) is 0 Å². The highest BCUT2D eigenvalue weighted by atomic mass is 19.3. The Hall–Kier alpha value is -3.07. The van der Waals surface area contributed by atoms with Crippen molar-refractivity contribution in [3.63, 3.8) is 0 Å². The molecule has 1 saturated carbocycles. The van der Waals surface area contributed by atoms with E-state index in [0.717, 1.165) is 41.7 Å². The molecule has 1 aliphatic carbocycles. The zero-order valence-electron chi connectivity index (χ0n) is 18.7. The van der Waals surface area contributed by atoms with Crippen molar-refractivity contribution in [2.75, 3.05) is 24.6 Å². The summed E-state index contributed by atoms with van der Waals surface area (Å²) in [5.41, 5.74) is 2.20. The lowest BCUT2D eigenvalue weighted by Gasteiger charge is -2.40. The van der Waals surface area contributed by atoms with Crippen molar-refractivity contribution in [3.8, 4) is 5.69 Å². The second-order valence-electron chi connectivity index (χ2n) is 9.78. The first kappa shape index (κ1) is 21.5. The molecule has 1 N–H and O–H groups in total. The van der Waals surface area contributed by atoms with Crippen molar-refractivity contribution in [1.29, 1.82) is 0 Å². The number of carbonyl (C=O) groups is 1. The molecule has 2 aliphatic heterocycles. The maximum atomic E-state index is 13.9. The Kier molecular flexibility index (Phi) is 4.88. The number of rotatable bonds is 4. The van der Waals surface area contributed by atoms with Crippen LogP contribution in [0.25, 0.3) is 16.7 Å². The van der Waals surface area contributed by atoms with Gasteiger partial charge in [0.25, 0.3) is 5.92 Å². The molecule has 9 heteroatoms. The molecule has 1 aromatic carbocycles. The van der Waals surface area contributed by atoms with Crippen LogP contribution in [-0.4, -0.2) is 57.1 Å². The van der Waals surface area contributed by atoms with Gasteiger partial charge < -0.3 is 14.7 Å². The number of carboxylic acid groups (broad SMARTS) is 1. The number of anilines is 1. The first-order chi connectivity index (χ1) is 16.3. The minimum absolute atomic E-state index is 0.0522.